The number of aryl methyl sites for hydroxylation is 1. The third kappa shape index (κ3) is 3.80. The quantitative estimate of drug-likeness (QED) is 0.414. The van der Waals surface area contributed by atoms with Crippen LogP contribution >= 0.6 is 0 Å². The summed E-state index contributed by atoms with van der Waals surface area (Å²) in [5.74, 6) is 0. The zero-order valence-corrected chi connectivity index (χ0v) is 10.3. The monoisotopic (exact) mass is 220 g/mol. The van der Waals surface area contributed by atoms with Crippen molar-refractivity contribution in [1.82, 2.24) is 0 Å². The lowest BCUT2D eigenvalue weighted by Crippen LogP contribution is -2.08. The number of benzene rings is 1. The van der Waals surface area contributed by atoms with Crippen LogP contribution in [0.3, 0.4) is 0 Å². The molecule has 0 bridgehead atoms. The fourth-order valence-electron chi connectivity index (χ4n) is 1.55. The highest BCUT2D eigenvalue weighted by molar-refractivity contribution is 5.26. The van der Waals surface area contributed by atoms with E-state index in [1.807, 2.05) is 31.2 Å². The van der Waals surface area contributed by atoms with Crippen LogP contribution in [0.25, 0.3) is 0 Å². The second-order valence-electron chi connectivity index (χ2n) is 3.65. The molecule has 2 heteroatoms. The van der Waals surface area contributed by atoms with Gasteiger partial charge in [0.05, 0.1) is 6.61 Å². The Balaban J connectivity index is 2.57. The predicted molar refractivity (Wildman–Crippen MR) is 66.3 cm³/mol. The lowest BCUT2D eigenvalue weighted by molar-refractivity contribution is -0.126. The van der Waals surface area contributed by atoms with E-state index in [9.17, 15) is 0 Å². The fraction of sp³-hybridized carbons (Fsp3) is 0.429. The Kier molecular flexibility index (Phi) is 5.83. The van der Waals surface area contributed by atoms with Gasteiger partial charge < -0.3 is 9.47 Å². The molecule has 0 saturated carbocycles. The van der Waals surface area contributed by atoms with Gasteiger partial charge in [-0.2, -0.15) is 0 Å². The van der Waals surface area contributed by atoms with E-state index in [1.54, 1.807) is 7.11 Å². The van der Waals surface area contributed by atoms with Crippen LogP contribution in [0.5, 0.6) is 0 Å². The van der Waals surface area contributed by atoms with E-state index in [-0.39, 0.29) is 6.29 Å². The van der Waals surface area contributed by atoms with Crippen molar-refractivity contribution in [2.24, 2.45) is 0 Å². The molecular formula is C14H20O2. The summed E-state index contributed by atoms with van der Waals surface area (Å²) in [6.07, 6.45) is 4.78. The van der Waals surface area contributed by atoms with E-state index in [2.05, 4.69) is 19.1 Å². The molecule has 0 aromatic heterocycles. The summed E-state index contributed by atoms with van der Waals surface area (Å²) in [7, 11) is 1.67. The van der Waals surface area contributed by atoms with Crippen LogP contribution in [0.1, 0.15) is 30.8 Å². The first-order valence-electron chi connectivity index (χ1n) is 5.60. The molecule has 1 atom stereocenters. The first-order valence-corrected chi connectivity index (χ1v) is 5.60. The maximum absolute atomic E-state index is 5.69. The molecule has 0 aliphatic rings. The second-order valence-corrected chi connectivity index (χ2v) is 3.65. The minimum absolute atomic E-state index is 0.258. The standard InChI is InChI=1S/C14H20O2/c1-4-5-8-11-16-14(15-3)13-10-7-6-9-12(13)2/h4-7,9-10,14H,8,11H2,1-3H3/b5-4-/t14-/m1/s1. The number of hydrogen-bond acceptors (Lipinski definition) is 2. The van der Waals surface area contributed by atoms with Crippen LogP contribution in [0.15, 0.2) is 36.4 Å². The van der Waals surface area contributed by atoms with Crippen molar-refractivity contribution in [3.05, 3.63) is 47.5 Å². The van der Waals surface area contributed by atoms with Gasteiger partial charge in [0.15, 0.2) is 6.29 Å². The van der Waals surface area contributed by atoms with Crippen LogP contribution in [0, 0.1) is 6.92 Å². The molecular weight excluding hydrogens is 200 g/mol. The number of allylic oxidation sites excluding steroid dienone is 1. The third-order valence-corrected chi connectivity index (χ3v) is 2.45. The van der Waals surface area contributed by atoms with Crippen molar-refractivity contribution in [3.63, 3.8) is 0 Å². The molecule has 16 heavy (non-hydrogen) atoms. The smallest absolute Gasteiger partial charge is 0.183 e. The molecule has 0 radical (unpaired) electrons. The van der Waals surface area contributed by atoms with Crippen molar-refractivity contribution in [2.75, 3.05) is 13.7 Å². The molecule has 0 fully saturated rings. The van der Waals surface area contributed by atoms with E-state index in [0.717, 1.165) is 12.0 Å². The van der Waals surface area contributed by atoms with Gasteiger partial charge in [-0.25, -0.2) is 0 Å². The summed E-state index contributed by atoms with van der Waals surface area (Å²) < 4.78 is 11.0. The lowest BCUT2D eigenvalue weighted by Gasteiger charge is -2.18. The number of methoxy groups -OCH3 is 1. The van der Waals surface area contributed by atoms with Crippen molar-refractivity contribution in [3.8, 4) is 0 Å². The number of ether oxygens (including phenoxy) is 2. The van der Waals surface area contributed by atoms with Crippen LogP contribution < -0.4 is 0 Å². The fourth-order valence-corrected chi connectivity index (χ4v) is 1.55. The molecule has 88 valence electrons. The van der Waals surface area contributed by atoms with E-state index < -0.39 is 0 Å². The molecule has 1 rings (SSSR count). The summed E-state index contributed by atoms with van der Waals surface area (Å²) in [5.41, 5.74) is 2.30. The summed E-state index contributed by atoms with van der Waals surface area (Å²) in [6.45, 7) is 4.75. The molecule has 0 saturated heterocycles. The van der Waals surface area contributed by atoms with Crippen LogP contribution in [0.4, 0.5) is 0 Å². The Hall–Kier alpha value is -1.12. The largest absolute Gasteiger partial charge is 0.352 e. The van der Waals surface area contributed by atoms with Crippen molar-refractivity contribution in [2.45, 2.75) is 26.6 Å². The molecule has 0 aliphatic heterocycles. The maximum atomic E-state index is 5.69. The van der Waals surface area contributed by atoms with Gasteiger partial charge in [0, 0.05) is 12.7 Å². The van der Waals surface area contributed by atoms with E-state index in [4.69, 9.17) is 9.47 Å². The van der Waals surface area contributed by atoms with Gasteiger partial charge in [0.2, 0.25) is 0 Å². The highest BCUT2D eigenvalue weighted by atomic mass is 16.7. The van der Waals surface area contributed by atoms with Gasteiger partial charge in [0.25, 0.3) is 0 Å². The Morgan fingerprint density at radius 1 is 1.31 bits per heavy atom. The van der Waals surface area contributed by atoms with Gasteiger partial charge in [0.1, 0.15) is 0 Å². The molecule has 0 aliphatic carbocycles. The molecule has 1 aromatic carbocycles. The summed E-state index contributed by atoms with van der Waals surface area (Å²) in [4.78, 5) is 0. The Morgan fingerprint density at radius 3 is 2.69 bits per heavy atom. The first kappa shape index (κ1) is 12.9. The van der Waals surface area contributed by atoms with Gasteiger partial charge in [-0.1, -0.05) is 36.4 Å². The Morgan fingerprint density at radius 2 is 2.06 bits per heavy atom. The lowest BCUT2D eigenvalue weighted by atomic mass is 10.1. The highest BCUT2D eigenvalue weighted by Gasteiger charge is 2.11. The molecule has 2 nitrogen and oxygen atoms in total. The molecule has 0 amide bonds. The first-order chi connectivity index (χ1) is 7.79. The summed E-state index contributed by atoms with van der Waals surface area (Å²) in [6, 6.07) is 8.13. The Labute approximate surface area is 97.9 Å². The minimum Gasteiger partial charge on any atom is -0.352 e. The summed E-state index contributed by atoms with van der Waals surface area (Å²) in [5, 5.41) is 0. The zero-order valence-electron chi connectivity index (χ0n) is 10.3. The van der Waals surface area contributed by atoms with E-state index in [1.165, 1.54) is 5.56 Å². The second kappa shape index (κ2) is 7.20. The Bertz CT molecular complexity index is 331. The molecule has 0 N–H and O–H groups in total. The van der Waals surface area contributed by atoms with Crippen molar-refractivity contribution in [1.29, 1.82) is 0 Å². The zero-order chi connectivity index (χ0) is 11.8. The number of hydrogen-bond donors (Lipinski definition) is 0. The van der Waals surface area contributed by atoms with Gasteiger partial charge in [-0.15, -0.1) is 0 Å². The van der Waals surface area contributed by atoms with Crippen molar-refractivity contribution >= 4 is 0 Å². The highest BCUT2D eigenvalue weighted by Crippen LogP contribution is 2.21. The molecule has 0 spiro atoms. The topological polar surface area (TPSA) is 18.5 Å². The average molecular weight is 220 g/mol. The molecule has 0 heterocycles. The van der Waals surface area contributed by atoms with E-state index in [0.29, 0.717) is 6.61 Å². The van der Waals surface area contributed by atoms with Crippen LogP contribution in [0.2, 0.25) is 0 Å². The van der Waals surface area contributed by atoms with Crippen LogP contribution in [-0.4, -0.2) is 13.7 Å². The average Bonchev–Trinajstić information content (AvgIpc) is 2.31. The normalized spacial score (nSPS) is 13.2. The van der Waals surface area contributed by atoms with E-state index >= 15 is 0 Å². The van der Waals surface area contributed by atoms with Gasteiger partial charge in [-0.3, -0.25) is 0 Å². The number of rotatable bonds is 6. The molecule has 0 unspecified atom stereocenters. The van der Waals surface area contributed by atoms with Gasteiger partial charge >= 0.3 is 0 Å². The van der Waals surface area contributed by atoms with Gasteiger partial charge in [-0.05, 0) is 25.8 Å². The minimum atomic E-state index is -0.258. The SMILES string of the molecule is C/C=C\CCO[C@@H](OC)c1ccccc1C. The summed E-state index contributed by atoms with van der Waals surface area (Å²) >= 11 is 0. The molecule has 1 aromatic rings. The predicted octanol–water partition coefficient (Wildman–Crippen LogP) is 3.62. The maximum Gasteiger partial charge on any atom is 0.183 e. The third-order valence-electron chi connectivity index (χ3n) is 2.45. The van der Waals surface area contributed by atoms with Crippen molar-refractivity contribution < 1.29 is 9.47 Å². The van der Waals surface area contributed by atoms with Crippen LogP contribution in [-0.2, 0) is 9.47 Å².